The van der Waals surface area contributed by atoms with Gasteiger partial charge in [0.1, 0.15) is 18.4 Å². The molecule has 2 heterocycles. The molecule has 7 heteroatoms. The molecule has 0 saturated heterocycles. The number of rotatable bonds is 6. The molecule has 0 spiro atoms. The van der Waals surface area contributed by atoms with E-state index in [1.54, 1.807) is 22.3 Å². The van der Waals surface area contributed by atoms with Crippen LogP contribution in [-0.2, 0) is 33.9 Å². The number of methoxy groups -OCH3 is 1. The maximum atomic E-state index is 13.1. The van der Waals surface area contributed by atoms with E-state index in [2.05, 4.69) is 4.98 Å². The molecule has 0 saturated carbocycles. The van der Waals surface area contributed by atoms with Crippen LogP contribution in [0, 0.1) is 6.92 Å². The molecule has 1 atom stereocenters. The van der Waals surface area contributed by atoms with Gasteiger partial charge >= 0.3 is 5.97 Å². The molecule has 1 amide bonds. The van der Waals surface area contributed by atoms with Crippen LogP contribution in [0.15, 0.2) is 60.0 Å². The van der Waals surface area contributed by atoms with E-state index >= 15 is 0 Å². The lowest BCUT2D eigenvalue weighted by Crippen LogP contribution is -2.48. The van der Waals surface area contributed by atoms with Crippen molar-refractivity contribution < 1.29 is 19.1 Å². The number of carbonyl (C=O) groups excluding carboxylic acids is 2. The van der Waals surface area contributed by atoms with Crippen LogP contribution >= 0.6 is 11.3 Å². The number of nitrogens with zero attached hydrogens (tertiary/aromatic N) is 2. The van der Waals surface area contributed by atoms with Gasteiger partial charge < -0.3 is 14.4 Å². The molecule has 6 nitrogen and oxygen atoms in total. The average Bonchev–Trinajstić information content (AvgIpc) is 3.25. The summed E-state index contributed by atoms with van der Waals surface area (Å²) in [5.41, 5.74) is 3.75. The van der Waals surface area contributed by atoms with Crippen LogP contribution in [0.5, 0.6) is 5.75 Å². The first kappa shape index (κ1) is 21.8. The minimum Gasteiger partial charge on any atom is -0.487 e. The molecule has 0 fully saturated rings. The van der Waals surface area contributed by atoms with Gasteiger partial charge in [-0.15, -0.1) is 11.3 Å². The van der Waals surface area contributed by atoms with Crippen molar-refractivity contribution in [2.75, 3.05) is 7.11 Å². The Bertz CT molecular complexity index is 1150. The Morgan fingerprint density at radius 2 is 1.91 bits per heavy atom. The number of fused-ring (bicyclic) bond motifs is 1. The molecule has 1 aliphatic heterocycles. The lowest BCUT2D eigenvalue weighted by Gasteiger charge is -2.34. The molecule has 0 aliphatic carbocycles. The Balaban J connectivity index is 1.51. The van der Waals surface area contributed by atoms with Gasteiger partial charge in [0.25, 0.3) is 0 Å². The van der Waals surface area contributed by atoms with Gasteiger partial charge in [0.05, 0.1) is 17.8 Å². The molecular weight excluding hydrogens is 424 g/mol. The third-order valence-corrected chi connectivity index (χ3v) is 6.19. The topological polar surface area (TPSA) is 68.7 Å². The Labute approximate surface area is 191 Å². The highest BCUT2D eigenvalue weighted by Gasteiger charge is 2.34. The molecule has 1 aromatic heterocycles. The van der Waals surface area contributed by atoms with Crippen molar-refractivity contribution in [3.63, 3.8) is 0 Å². The van der Waals surface area contributed by atoms with E-state index in [1.165, 1.54) is 13.2 Å². The summed E-state index contributed by atoms with van der Waals surface area (Å²) in [6.45, 7) is 2.67. The second-order valence-corrected chi connectivity index (χ2v) is 8.56. The lowest BCUT2D eigenvalue weighted by molar-refractivity contribution is -0.152. The molecule has 3 aromatic rings. The first-order chi connectivity index (χ1) is 15.5. The van der Waals surface area contributed by atoms with Crippen LogP contribution in [0.2, 0.25) is 0 Å². The molecule has 0 bridgehead atoms. The highest BCUT2D eigenvalue weighted by Crippen LogP contribution is 2.26. The number of hydrogen-bond donors (Lipinski definition) is 0. The zero-order valence-electron chi connectivity index (χ0n) is 18.0. The van der Waals surface area contributed by atoms with Gasteiger partial charge in [0, 0.05) is 30.0 Å². The second kappa shape index (κ2) is 9.78. The monoisotopic (exact) mass is 448 g/mol. The Hall–Kier alpha value is -3.45. The van der Waals surface area contributed by atoms with Gasteiger partial charge in [-0.05, 0) is 30.2 Å². The predicted molar refractivity (Wildman–Crippen MR) is 123 cm³/mol. The molecule has 4 rings (SSSR count). The summed E-state index contributed by atoms with van der Waals surface area (Å²) in [5, 5.41) is 2.96. The van der Waals surface area contributed by atoms with Crippen molar-refractivity contribution in [1.29, 1.82) is 0 Å². The maximum Gasteiger partial charge on any atom is 0.328 e. The van der Waals surface area contributed by atoms with Crippen molar-refractivity contribution in [3.05, 3.63) is 87.4 Å². The molecule has 1 aliphatic rings. The number of amides is 1. The van der Waals surface area contributed by atoms with Crippen LogP contribution in [0.25, 0.3) is 6.08 Å². The number of ether oxygens (including phenoxy) is 2. The number of aryl methyl sites for hydroxylation is 1. The summed E-state index contributed by atoms with van der Waals surface area (Å²) in [4.78, 5) is 31.4. The maximum absolute atomic E-state index is 13.1. The molecule has 32 heavy (non-hydrogen) atoms. The Morgan fingerprint density at radius 1 is 1.16 bits per heavy atom. The quantitative estimate of drug-likeness (QED) is 0.418. The number of carbonyl (C=O) groups is 2. The SMILES string of the molecule is COC(=O)C1Cc2ccccc2CN1C(=O)/C=C/c1ccccc1OCc1csc(C)n1. The van der Waals surface area contributed by atoms with Crippen molar-refractivity contribution >= 4 is 29.3 Å². The van der Waals surface area contributed by atoms with Crippen LogP contribution < -0.4 is 4.74 Å². The normalized spacial score (nSPS) is 15.4. The third-order valence-electron chi connectivity index (χ3n) is 5.37. The van der Waals surface area contributed by atoms with Crippen LogP contribution in [-0.4, -0.2) is 34.9 Å². The minimum atomic E-state index is -0.647. The fraction of sp³-hybridized carbons (Fsp3) is 0.240. The molecule has 0 radical (unpaired) electrons. The molecule has 2 aromatic carbocycles. The number of benzene rings is 2. The van der Waals surface area contributed by atoms with Gasteiger partial charge in [0.15, 0.2) is 0 Å². The summed E-state index contributed by atoms with van der Waals surface area (Å²) >= 11 is 1.58. The van der Waals surface area contributed by atoms with Gasteiger partial charge in [-0.3, -0.25) is 4.79 Å². The number of hydrogen-bond acceptors (Lipinski definition) is 6. The van der Waals surface area contributed by atoms with Crippen molar-refractivity contribution in [2.45, 2.75) is 32.5 Å². The number of thiazole rings is 1. The van der Waals surface area contributed by atoms with E-state index in [1.807, 2.05) is 60.8 Å². The van der Waals surface area contributed by atoms with Gasteiger partial charge in [-0.2, -0.15) is 0 Å². The van der Waals surface area contributed by atoms with Gasteiger partial charge in [0.2, 0.25) is 5.91 Å². The molecule has 0 N–H and O–H groups in total. The summed E-state index contributed by atoms with van der Waals surface area (Å²) in [6, 6.07) is 14.7. The molecule has 164 valence electrons. The fourth-order valence-corrected chi connectivity index (χ4v) is 4.33. The Morgan fingerprint density at radius 3 is 2.66 bits per heavy atom. The third kappa shape index (κ3) is 4.89. The van der Waals surface area contributed by atoms with E-state index in [0.717, 1.165) is 27.4 Å². The van der Waals surface area contributed by atoms with Crippen LogP contribution in [0.3, 0.4) is 0 Å². The fourth-order valence-electron chi connectivity index (χ4n) is 3.73. The number of para-hydroxylation sites is 1. The molecular formula is C25H24N2O4S. The number of aromatic nitrogens is 1. The highest BCUT2D eigenvalue weighted by molar-refractivity contribution is 7.09. The van der Waals surface area contributed by atoms with E-state index in [-0.39, 0.29) is 5.91 Å². The van der Waals surface area contributed by atoms with Crippen molar-refractivity contribution in [3.8, 4) is 5.75 Å². The summed E-state index contributed by atoms with van der Waals surface area (Å²) < 4.78 is 10.9. The zero-order valence-corrected chi connectivity index (χ0v) is 18.8. The summed E-state index contributed by atoms with van der Waals surface area (Å²) in [6.07, 6.45) is 3.65. The van der Waals surface area contributed by atoms with Crippen molar-refractivity contribution in [1.82, 2.24) is 9.88 Å². The van der Waals surface area contributed by atoms with Gasteiger partial charge in [-0.25, -0.2) is 9.78 Å². The zero-order chi connectivity index (χ0) is 22.5. The van der Waals surface area contributed by atoms with E-state index < -0.39 is 12.0 Å². The van der Waals surface area contributed by atoms with E-state index in [9.17, 15) is 9.59 Å². The predicted octanol–water partition coefficient (Wildman–Crippen LogP) is 4.17. The first-order valence-corrected chi connectivity index (χ1v) is 11.2. The van der Waals surface area contributed by atoms with E-state index in [4.69, 9.17) is 9.47 Å². The van der Waals surface area contributed by atoms with Crippen LogP contribution in [0.4, 0.5) is 0 Å². The minimum absolute atomic E-state index is 0.250. The average molecular weight is 449 g/mol. The van der Waals surface area contributed by atoms with Gasteiger partial charge in [-0.1, -0.05) is 42.5 Å². The smallest absolute Gasteiger partial charge is 0.328 e. The Kier molecular flexibility index (Phi) is 6.66. The van der Waals surface area contributed by atoms with Crippen molar-refractivity contribution in [2.24, 2.45) is 0 Å². The molecule has 1 unspecified atom stereocenters. The second-order valence-electron chi connectivity index (χ2n) is 7.50. The highest BCUT2D eigenvalue weighted by atomic mass is 32.1. The number of esters is 1. The summed E-state index contributed by atoms with van der Waals surface area (Å²) in [5.74, 6) is -0.000846. The first-order valence-electron chi connectivity index (χ1n) is 10.3. The van der Waals surface area contributed by atoms with Crippen LogP contribution in [0.1, 0.15) is 27.4 Å². The lowest BCUT2D eigenvalue weighted by atomic mass is 9.94. The van der Waals surface area contributed by atoms with E-state index in [0.29, 0.717) is 25.3 Å². The summed E-state index contributed by atoms with van der Waals surface area (Å²) in [7, 11) is 1.35. The standard InChI is InChI=1S/C25H24N2O4S/c1-17-26-21(16-32-17)15-31-23-10-6-5-7-18(23)11-12-24(28)27-14-20-9-4-3-8-19(20)13-22(27)25(29)30-2/h3-12,16,22H,13-15H2,1-2H3/b12-11+. The largest absolute Gasteiger partial charge is 0.487 e.